The average Bonchev–Trinajstić information content (AvgIpc) is 2.89. The molecule has 0 saturated carbocycles. The molecule has 4 nitrogen and oxygen atoms in total. The first-order chi connectivity index (χ1) is 10.1. The number of H-pyrrole nitrogens is 1. The van der Waals surface area contributed by atoms with Crippen molar-refractivity contribution in [2.45, 2.75) is 38.7 Å². The first-order valence-electron chi connectivity index (χ1n) is 7.42. The summed E-state index contributed by atoms with van der Waals surface area (Å²) in [5.41, 5.74) is 4.10. The zero-order valence-electron chi connectivity index (χ0n) is 12.8. The lowest BCUT2D eigenvalue weighted by Gasteiger charge is -2.35. The Kier molecular flexibility index (Phi) is 3.49. The summed E-state index contributed by atoms with van der Waals surface area (Å²) >= 11 is 0. The van der Waals surface area contributed by atoms with Crippen LogP contribution in [0, 0.1) is 6.92 Å². The van der Waals surface area contributed by atoms with Gasteiger partial charge in [-0.3, -0.25) is 4.79 Å². The number of nitrogens with one attached hydrogen (secondary N) is 1. The summed E-state index contributed by atoms with van der Waals surface area (Å²) in [6.07, 6.45) is 1.86. The monoisotopic (exact) mass is 287 g/mol. The molecule has 112 valence electrons. The van der Waals surface area contributed by atoms with Crippen molar-refractivity contribution in [1.82, 2.24) is 4.98 Å². The third kappa shape index (κ3) is 2.14. The molecule has 1 aliphatic heterocycles. The molecular weight excluding hydrogens is 266 g/mol. The number of methoxy groups -OCH3 is 1. The van der Waals surface area contributed by atoms with E-state index in [0.717, 1.165) is 24.1 Å². The zero-order valence-corrected chi connectivity index (χ0v) is 12.8. The van der Waals surface area contributed by atoms with E-state index in [0.29, 0.717) is 6.61 Å². The standard InChI is InChI=1S/C17H21NO3/c1-4-17(10-14(19)20-3)16-13(8-9-21-17)12-7-5-6-11(2)15(12)18-16/h5-7,18H,4,8-10H2,1-3H3. The predicted octanol–water partition coefficient (Wildman–Crippen LogP) is 3.22. The Hall–Kier alpha value is -1.81. The van der Waals surface area contributed by atoms with Gasteiger partial charge in [-0.15, -0.1) is 0 Å². The summed E-state index contributed by atoms with van der Waals surface area (Å²) in [4.78, 5) is 15.3. The Morgan fingerprint density at radius 3 is 3.00 bits per heavy atom. The summed E-state index contributed by atoms with van der Waals surface area (Å²) in [6.45, 7) is 4.79. The Morgan fingerprint density at radius 2 is 2.29 bits per heavy atom. The lowest BCUT2D eigenvalue weighted by molar-refractivity contribution is -0.152. The molecule has 0 fully saturated rings. The molecule has 4 heteroatoms. The molecule has 0 saturated heterocycles. The van der Waals surface area contributed by atoms with Crippen LogP contribution in [0.3, 0.4) is 0 Å². The molecule has 0 bridgehead atoms. The van der Waals surface area contributed by atoms with Crippen molar-refractivity contribution >= 4 is 16.9 Å². The van der Waals surface area contributed by atoms with Crippen molar-refractivity contribution in [3.05, 3.63) is 35.0 Å². The Morgan fingerprint density at radius 1 is 1.48 bits per heavy atom. The lowest BCUT2D eigenvalue weighted by atomic mass is 9.86. The van der Waals surface area contributed by atoms with Crippen LogP contribution in [0.4, 0.5) is 0 Å². The van der Waals surface area contributed by atoms with E-state index in [1.165, 1.54) is 23.6 Å². The average molecular weight is 287 g/mol. The maximum absolute atomic E-state index is 11.8. The largest absolute Gasteiger partial charge is 0.469 e. The molecule has 1 aliphatic rings. The summed E-state index contributed by atoms with van der Waals surface area (Å²) in [5, 5.41) is 1.25. The molecule has 1 N–H and O–H groups in total. The number of benzene rings is 1. The van der Waals surface area contributed by atoms with Crippen molar-refractivity contribution < 1.29 is 14.3 Å². The minimum absolute atomic E-state index is 0.236. The van der Waals surface area contributed by atoms with E-state index in [4.69, 9.17) is 9.47 Å². The molecule has 21 heavy (non-hydrogen) atoms. The first kappa shape index (κ1) is 14.1. The second-order valence-corrected chi connectivity index (χ2v) is 5.68. The number of hydrogen-bond donors (Lipinski definition) is 1. The SMILES string of the molecule is CCC1(CC(=O)OC)OCCc2c1[nH]c1c(C)cccc21. The van der Waals surface area contributed by atoms with Crippen LogP contribution < -0.4 is 0 Å². The Balaban J connectivity index is 2.18. The molecular formula is C17H21NO3. The van der Waals surface area contributed by atoms with Crippen LogP contribution in [-0.4, -0.2) is 24.7 Å². The second-order valence-electron chi connectivity index (χ2n) is 5.68. The fourth-order valence-corrected chi connectivity index (χ4v) is 3.34. The topological polar surface area (TPSA) is 51.3 Å². The van der Waals surface area contributed by atoms with Gasteiger partial charge >= 0.3 is 5.97 Å². The number of esters is 1. The molecule has 1 unspecified atom stereocenters. The van der Waals surface area contributed by atoms with Crippen LogP contribution in [0.1, 0.15) is 36.6 Å². The van der Waals surface area contributed by atoms with Gasteiger partial charge in [-0.1, -0.05) is 25.1 Å². The van der Waals surface area contributed by atoms with Gasteiger partial charge in [0.05, 0.1) is 25.8 Å². The molecule has 0 aliphatic carbocycles. The molecule has 1 atom stereocenters. The van der Waals surface area contributed by atoms with Gasteiger partial charge in [0.2, 0.25) is 0 Å². The number of fused-ring (bicyclic) bond motifs is 3. The first-order valence-corrected chi connectivity index (χ1v) is 7.42. The van der Waals surface area contributed by atoms with Crippen LogP contribution in [-0.2, 0) is 26.3 Å². The van der Waals surface area contributed by atoms with Crippen molar-refractivity contribution in [3.63, 3.8) is 0 Å². The number of ether oxygens (including phenoxy) is 2. The van der Waals surface area contributed by atoms with Crippen LogP contribution in [0.25, 0.3) is 10.9 Å². The number of carbonyl (C=O) groups excluding carboxylic acids is 1. The van der Waals surface area contributed by atoms with Gasteiger partial charge in [-0.2, -0.15) is 0 Å². The lowest BCUT2D eigenvalue weighted by Crippen LogP contribution is -2.37. The van der Waals surface area contributed by atoms with Gasteiger partial charge in [0.1, 0.15) is 5.60 Å². The predicted molar refractivity (Wildman–Crippen MR) is 81.3 cm³/mol. The maximum Gasteiger partial charge on any atom is 0.308 e. The van der Waals surface area contributed by atoms with Crippen LogP contribution in [0.5, 0.6) is 0 Å². The van der Waals surface area contributed by atoms with Crippen molar-refractivity contribution in [2.75, 3.05) is 13.7 Å². The minimum atomic E-state index is -0.591. The van der Waals surface area contributed by atoms with Crippen molar-refractivity contribution in [2.24, 2.45) is 0 Å². The van der Waals surface area contributed by atoms with Gasteiger partial charge in [0, 0.05) is 10.9 Å². The van der Waals surface area contributed by atoms with E-state index in [1.54, 1.807) is 0 Å². The summed E-state index contributed by atoms with van der Waals surface area (Å²) in [7, 11) is 1.42. The Labute approximate surface area is 124 Å². The smallest absolute Gasteiger partial charge is 0.308 e. The minimum Gasteiger partial charge on any atom is -0.469 e. The van der Waals surface area contributed by atoms with E-state index in [2.05, 4.69) is 37.0 Å². The summed E-state index contributed by atoms with van der Waals surface area (Å²) < 4.78 is 10.9. The number of aromatic amines is 1. The number of para-hydroxylation sites is 1. The highest BCUT2D eigenvalue weighted by Gasteiger charge is 2.41. The number of aromatic nitrogens is 1. The van der Waals surface area contributed by atoms with Gasteiger partial charge in [0.25, 0.3) is 0 Å². The summed E-state index contributed by atoms with van der Waals surface area (Å²) in [6, 6.07) is 6.32. The quantitative estimate of drug-likeness (QED) is 0.882. The Bertz CT molecular complexity index is 689. The molecule has 0 spiro atoms. The molecule has 1 aromatic carbocycles. The van der Waals surface area contributed by atoms with E-state index in [9.17, 15) is 4.79 Å². The van der Waals surface area contributed by atoms with E-state index in [1.807, 2.05) is 0 Å². The maximum atomic E-state index is 11.8. The van der Waals surface area contributed by atoms with E-state index < -0.39 is 5.60 Å². The van der Waals surface area contributed by atoms with E-state index in [-0.39, 0.29) is 12.4 Å². The normalized spacial score (nSPS) is 21.3. The van der Waals surface area contributed by atoms with Crippen LogP contribution in [0.15, 0.2) is 18.2 Å². The molecule has 0 radical (unpaired) electrons. The molecule has 3 rings (SSSR count). The number of rotatable bonds is 3. The fraction of sp³-hybridized carbons (Fsp3) is 0.471. The highest BCUT2D eigenvalue weighted by Crippen LogP contribution is 2.42. The fourth-order valence-electron chi connectivity index (χ4n) is 3.34. The highest BCUT2D eigenvalue weighted by molar-refractivity contribution is 5.88. The van der Waals surface area contributed by atoms with Crippen LogP contribution >= 0.6 is 0 Å². The number of hydrogen-bond acceptors (Lipinski definition) is 3. The van der Waals surface area contributed by atoms with Gasteiger partial charge < -0.3 is 14.5 Å². The zero-order chi connectivity index (χ0) is 15.0. The van der Waals surface area contributed by atoms with Crippen LogP contribution in [0.2, 0.25) is 0 Å². The molecule has 2 heterocycles. The molecule has 1 aromatic heterocycles. The molecule has 2 aromatic rings. The third-order valence-electron chi connectivity index (χ3n) is 4.56. The third-order valence-corrected chi connectivity index (χ3v) is 4.56. The highest BCUT2D eigenvalue weighted by atomic mass is 16.5. The number of carbonyl (C=O) groups is 1. The van der Waals surface area contributed by atoms with Gasteiger partial charge in [-0.25, -0.2) is 0 Å². The number of aryl methyl sites for hydroxylation is 1. The van der Waals surface area contributed by atoms with Gasteiger partial charge in [0.15, 0.2) is 0 Å². The summed E-state index contributed by atoms with van der Waals surface area (Å²) in [5.74, 6) is -0.236. The van der Waals surface area contributed by atoms with Crippen molar-refractivity contribution in [1.29, 1.82) is 0 Å². The van der Waals surface area contributed by atoms with Crippen molar-refractivity contribution in [3.8, 4) is 0 Å². The molecule has 0 amide bonds. The van der Waals surface area contributed by atoms with E-state index >= 15 is 0 Å². The second kappa shape index (κ2) is 5.19. The van der Waals surface area contributed by atoms with Gasteiger partial charge in [-0.05, 0) is 30.9 Å².